The summed E-state index contributed by atoms with van der Waals surface area (Å²) in [5.41, 5.74) is -2.39. The molecule has 0 radical (unpaired) electrons. The minimum Gasteiger partial charge on any atom is -0.463 e. The van der Waals surface area contributed by atoms with Crippen molar-refractivity contribution >= 4 is 65.1 Å². The molecule has 5 heterocycles. The summed E-state index contributed by atoms with van der Waals surface area (Å²) in [6, 6.07) is -2.65. The average molecular weight is 1150 g/mol. The van der Waals surface area contributed by atoms with Crippen LogP contribution in [0.15, 0.2) is 0 Å². The number of hydrogen-bond acceptors (Lipinski definition) is 23. The van der Waals surface area contributed by atoms with Gasteiger partial charge in [-0.05, 0) is 40.5 Å². The van der Waals surface area contributed by atoms with Gasteiger partial charge in [-0.1, -0.05) is 0 Å². The molecule has 5 saturated heterocycles. The number of imide groups is 1. The third-order valence-electron chi connectivity index (χ3n) is 14.3. The highest BCUT2D eigenvalue weighted by atomic mass is 16.5. The minimum absolute atomic E-state index is 0.0521. The van der Waals surface area contributed by atoms with Gasteiger partial charge in [0.05, 0.1) is 75.8 Å². The van der Waals surface area contributed by atoms with Gasteiger partial charge in [0.1, 0.15) is 62.2 Å². The topological polar surface area (TPSA) is 426 Å². The summed E-state index contributed by atoms with van der Waals surface area (Å²) in [5, 5.41) is 71.7. The van der Waals surface area contributed by atoms with Gasteiger partial charge >= 0.3 is 35.6 Å². The molecule has 31 nitrogen and oxygen atoms in total. The lowest BCUT2D eigenvalue weighted by Crippen LogP contribution is -2.68. The van der Waals surface area contributed by atoms with E-state index in [-0.39, 0.29) is 160 Å². The Morgan fingerprint density at radius 3 is 1.30 bits per heavy atom. The summed E-state index contributed by atoms with van der Waals surface area (Å²) in [6.45, 7) is 6.51. The number of carbonyl (C=O) groups is 11. The Labute approximate surface area is 460 Å². The number of piperidine rings is 2. The molecular weight excluding hydrogens is 1070 g/mol. The maximum atomic E-state index is 13.2. The molecule has 5 aliphatic heterocycles. The third kappa shape index (κ3) is 17.0. The van der Waals surface area contributed by atoms with Crippen molar-refractivity contribution in [2.45, 2.75) is 134 Å². The van der Waals surface area contributed by atoms with Crippen molar-refractivity contribution in [3.8, 4) is 0 Å². The van der Waals surface area contributed by atoms with Crippen LogP contribution in [0, 0.1) is 10.8 Å². The summed E-state index contributed by atoms with van der Waals surface area (Å²) in [6.07, 6.45) is -12.8. The quantitative estimate of drug-likeness (QED) is 0.0126. The van der Waals surface area contributed by atoms with Gasteiger partial charge in [0, 0.05) is 64.8 Å². The Hall–Kier alpha value is -6.03. The molecule has 5 fully saturated rings. The third-order valence-corrected chi connectivity index (χ3v) is 14.3. The molecule has 0 spiro atoms. The van der Waals surface area contributed by atoms with Crippen LogP contribution in [0.25, 0.3) is 0 Å². The Morgan fingerprint density at radius 1 is 0.537 bits per heavy atom. The Kier molecular flexibility index (Phi) is 24.0. The van der Waals surface area contributed by atoms with Crippen molar-refractivity contribution < 1.29 is 112 Å². The monoisotopic (exact) mass is 1140 g/mol. The fourth-order valence-electron chi connectivity index (χ4n) is 9.22. The number of hydrogen-bond donors (Lipinski definition) is 10. The molecule has 0 unspecified atom stereocenters. The fraction of sp³-hybridized carbons (Fsp3) is 0.776. The lowest BCUT2D eigenvalue weighted by molar-refractivity contribution is -0.184. The molecule has 450 valence electrons. The van der Waals surface area contributed by atoms with Crippen molar-refractivity contribution in [3.63, 3.8) is 0 Å². The van der Waals surface area contributed by atoms with E-state index in [1.54, 1.807) is 0 Å². The van der Waals surface area contributed by atoms with Crippen molar-refractivity contribution in [1.82, 2.24) is 40.9 Å². The average Bonchev–Trinajstić information content (AvgIpc) is 4.03. The van der Waals surface area contributed by atoms with Gasteiger partial charge in [0.2, 0.25) is 29.5 Å². The number of likely N-dealkylation sites (tertiary alicyclic amines) is 1. The molecule has 31 heteroatoms. The standard InChI is InChI=1S/C49H76N8O23/c1-48(2,46(73)79-25-27-34(63)36(65)38(67)40-52-42(69)44(71)56(27)40)10-7-29(58)50-12-17-75-21-23-77-19-15-54(31(60)9-14-55-32(61)5-6-33(55)62)16-20-78-24-22-76-18-13-51-30(59)8-11-49(3,4)47(74)80-26-28-35(64)37(66)39(68)41-53-43(70)45(72)57(28)41/h27-28,34-41,63-68H,5-26H2,1-4H3,(H,50,58)(H,51,59)(H,52,69)(H,53,70)/t27-,28-,34-,35-,36+,37+,38+,39+,40+,41+/m1/s1. The van der Waals surface area contributed by atoms with E-state index in [1.165, 1.54) is 32.6 Å². The fourth-order valence-corrected chi connectivity index (χ4v) is 9.22. The number of aliphatic hydroxyl groups excluding tert-OH is 6. The number of aliphatic hydroxyl groups is 6. The number of carbonyl (C=O) groups excluding carboxylic acids is 11. The highest BCUT2D eigenvalue weighted by Crippen LogP contribution is 2.31. The normalized spacial score (nSPS) is 25.8. The first-order valence-corrected chi connectivity index (χ1v) is 26.4. The number of nitrogens with zero attached hydrogens (tertiary/aromatic N) is 4. The van der Waals surface area contributed by atoms with Crippen LogP contribution < -0.4 is 21.3 Å². The molecule has 0 bridgehead atoms. The molecule has 10 N–H and O–H groups in total. The van der Waals surface area contributed by atoms with E-state index in [4.69, 9.17) is 28.4 Å². The van der Waals surface area contributed by atoms with Gasteiger partial charge in [-0.15, -0.1) is 0 Å². The molecule has 5 rings (SSSR count). The van der Waals surface area contributed by atoms with E-state index in [0.717, 1.165) is 14.7 Å². The van der Waals surface area contributed by atoms with Crippen molar-refractivity contribution in [1.29, 1.82) is 0 Å². The number of nitrogens with one attached hydrogen (secondary N) is 4. The van der Waals surface area contributed by atoms with Gasteiger partial charge < -0.3 is 95.0 Å². The number of ether oxygens (including phenoxy) is 6. The van der Waals surface area contributed by atoms with Crippen LogP contribution in [0.1, 0.15) is 72.6 Å². The van der Waals surface area contributed by atoms with Crippen LogP contribution in [0.5, 0.6) is 0 Å². The van der Waals surface area contributed by atoms with E-state index in [1.807, 2.05) is 0 Å². The first-order valence-electron chi connectivity index (χ1n) is 26.4. The zero-order valence-electron chi connectivity index (χ0n) is 45.2. The van der Waals surface area contributed by atoms with Gasteiger partial charge in [0.25, 0.3) is 0 Å². The molecule has 0 aromatic rings. The molecule has 0 aromatic carbocycles. The number of esters is 2. The van der Waals surface area contributed by atoms with Crippen LogP contribution in [0.2, 0.25) is 0 Å². The zero-order valence-corrected chi connectivity index (χ0v) is 45.2. The molecule has 80 heavy (non-hydrogen) atoms. The van der Waals surface area contributed by atoms with E-state index in [2.05, 4.69) is 21.3 Å². The van der Waals surface area contributed by atoms with Crippen molar-refractivity contribution in [3.05, 3.63) is 0 Å². The van der Waals surface area contributed by atoms with E-state index in [9.17, 15) is 83.4 Å². The molecular formula is C49H76N8O23. The van der Waals surface area contributed by atoms with Crippen LogP contribution in [-0.2, 0) is 81.2 Å². The summed E-state index contributed by atoms with van der Waals surface area (Å²) in [5.74, 6) is -7.54. The van der Waals surface area contributed by atoms with E-state index in [0.29, 0.717) is 0 Å². The van der Waals surface area contributed by atoms with Gasteiger partial charge in [-0.3, -0.25) is 57.6 Å². The second-order valence-electron chi connectivity index (χ2n) is 21.0. The predicted molar refractivity (Wildman–Crippen MR) is 266 cm³/mol. The molecule has 0 aromatic heterocycles. The maximum absolute atomic E-state index is 13.2. The smallest absolute Gasteiger partial charge is 0.314 e. The highest BCUT2D eigenvalue weighted by Gasteiger charge is 2.57. The minimum atomic E-state index is -1.73. The van der Waals surface area contributed by atoms with E-state index < -0.39 is 121 Å². The van der Waals surface area contributed by atoms with Crippen LogP contribution in [0.3, 0.4) is 0 Å². The van der Waals surface area contributed by atoms with Crippen molar-refractivity contribution in [2.24, 2.45) is 10.8 Å². The maximum Gasteiger partial charge on any atom is 0.314 e. The SMILES string of the molecule is CC(C)(CCC(=O)NCCOCCOCCN(CCOCCOCCNC(=O)CCC(C)(C)C(=O)OC[C@@H]1[C@@H](O)[C@H](O)[C@H](O)[C@H]2NC(=O)C(=O)N12)C(=O)CCN1C(=O)CCC1=O)C(=O)OC[C@@H]1[C@@H](O)[C@H](O)[C@H](O)[C@H]2NC(=O)C(=O)N12. The molecule has 10 atom stereocenters. The Bertz CT molecular complexity index is 2110. The van der Waals surface area contributed by atoms with E-state index >= 15 is 0 Å². The lowest BCUT2D eigenvalue weighted by atomic mass is 9.87. The second-order valence-corrected chi connectivity index (χ2v) is 21.0. The molecule has 0 aliphatic carbocycles. The second kappa shape index (κ2) is 29.6. The van der Waals surface area contributed by atoms with Crippen LogP contribution in [-0.4, -0.2) is 275 Å². The largest absolute Gasteiger partial charge is 0.463 e. The van der Waals surface area contributed by atoms with Crippen molar-refractivity contribution in [2.75, 3.05) is 98.8 Å². The van der Waals surface area contributed by atoms with Gasteiger partial charge in [-0.2, -0.15) is 0 Å². The van der Waals surface area contributed by atoms with Gasteiger partial charge in [0.15, 0.2) is 0 Å². The first-order chi connectivity index (χ1) is 37.8. The predicted octanol–water partition coefficient (Wildman–Crippen LogP) is -7.15. The molecule has 5 aliphatic rings. The van der Waals surface area contributed by atoms with Gasteiger partial charge in [-0.25, -0.2) is 0 Å². The number of amides is 9. The lowest BCUT2D eigenvalue weighted by Gasteiger charge is -2.44. The summed E-state index contributed by atoms with van der Waals surface area (Å²) >= 11 is 0. The van der Waals surface area contributed by atoms with Crippen LogP contribution in [0.4, 0.5) is 0 Å². The van der Waals surface area contributed by atoms with Crippen LogP contribution >= 0.6 is 0 Å². The molecule has 9 amide bonds. The number of rotatable bonds is 33. The molecule has 0 saturated carbocycles. The Morgan fingerprint density at radius 2 is 0.912 bits per heavy atom. The summed E-state index contributed by atoms with van der Waals surface area (Å²) in [4.78, 5) is 141. The summed E-state index contributed by atoms with van der Waals surface area (Å²) < 4.78 is 33.1. The zero-order chi connectivity index (χ0) is 59.1. The number of fused-ring (bicyclic) bond motifs is 2. The first kappa shape index (κ1) is 64.8. The Balaban J connectivity index is 0.906. The highest BCUT2D eigenvalue weighted by molar-refractivity contribution is 6.37. The summed E-state index contributed by atoms with van der Waals surface area (Å²) in [7, 11) is 0.